The molecule has 0 saturated heterocycles. The second kappa shape index (κ2) is 7.10. The van der Waals surface area contributed by atoms with Crippen molar-refractivity contribution in [2.24, 2.45) is 0 Å². The van der Waals surface area contributed by atoms with Gasteiger partial charge in [-0.15, -0.1) is 0 Å². The summed E-state index contributed by atoms with van der Waals surface area (Å²) in [5.41, 5.74) is 11.9. The summed E-state index contributed by atoms with van der Waals surface area (Å²) in [5.74, 6) is 0. The Morgan fingerprint density at radius 2 is 2.13 bits per heavy atom. The van der Waals surface area contributed by atoms with Crippen LogP contribution in [-0.4, -0.2) is 6.04 Å². The highest BCUT2D eigenvalue weighted by molar-refractivity contribution is 6.30. The van der Waals surface area contributed by atoms with Crippen LogP contribution in [-0.2, 0) is 0 Å². The molecule has 0 aliphatic heterocycles. The minimum Gasteiger partial charge on any atom is -0.398 e. The Balaban J connectivity index is 1.79. The van der Waals surface area contributed by atoms with Gasteiger partial charge in [-0.1, -0.05) is 41.5 Å². The van der Waals surface area contributed by atoms with Crippen molar-refractivity contribution in [2.45, 2.75) is 38.6 Å². The van der Waals surface area contributed by atoms with Crippen molar-refractivity contribution < 1.29 is 0 Å². The maximum absolute atomic E-state index is 6.14. The second-order valence-corrected chi connectivity index (χ2v) is 6.71. The van der Waals surface area contributed by atoms with E-state index in [9.17, 15) is 0 Å². The van der Waals surface area contributed by atoms with Gasteiger partial charge in [0, 0.05) is 34.4 Å². The summed E-state index contributed by atoms with van der Waals surface area (Å²) in [5, 5.41) is 4.41. The Kier molecular flexibility index (Phi) is 4.92. The molecular weight excluding hydrogens is 304 g/mol. The molecule has 3 heteroatoms. The number of nitrogens with one attached hydrogen (secondary N) is 1. The first-order valence-corrected chi connectivity index (χ1v) is 8.56. The standard InChI is InChI=1S/C20H23ClN2/c1-14-4-2-6-17(10-8-14)23-18-7-3-5-15(12-18)19-13-16(21)9-11-20(19)22/h2,4,8-13,18,23H,3,5-7,22H2,1H3. The lowest BCUT2D eigenvalue weighted by atomic mass is 9.90. The molecule has 0 amide bonds. The van der Waals surface area contributed by atoms with E-state index in [4.69, 9.17) is 17.3 Å². The highest BCUT2D eigenvalue weighted by Gasteiger charge is 2.17. The van der Waals surface area contributed by atoms with Crippen LogP contribution in [0.15, 0.2) is 59.8 Å². The van der Waals surface area contributed by atoms with Gasteiger partial charge < -0.3 is 11.1 Å². The third-order valence-electron chi connectivity index (χ3n) is 4.36. The molecule has 1 aromatic rings. The lowest BCUT2D eigenvalue weighted by Crippen LogP contribution is -2.28. The molecule has 3 rings (SSSR count). The molecule has 0 heterocycles. The van der Waals surface area contributed by atoms with Crippen molar-refractivity contribution in [1.82, 2.24) is 5.32 Å². The average Bonchev–Trinajstić information content (AvgIpc) is 2.75. The summed E-state index contributed by atoms with van der Waals surface area (Å²) < 4.78 is 0. The molecular formula is C20H23ClN2. The molecule has 120 valence electrons. The van der Waals surface area contributed by atoms with Crippen LogP contribution < -0.4 is 11.1 Å². The second-order valence-electron chi connectivity index (χ2n) is 6.28. The minimum absolute atomic E-state index is 0.351. The fourth-order valence-corrected chi connectivity index (χ4v) is 3.31. The van der Waals surface area contributed by atoms with E-state index < -0.39 is 0 Å². The number of nitrogens with two attached hydrogens (primary N) is 1. The molecule has 2 nitrogen and oxygen atoms in total. The van der Waals surface area contributed by atoms with Crippen molar-refractivity contribution in [3.8, 4) is 0 Å². The third-order valence-corrected chi connectivity index (χ3v) is 4.60. The van der Waals surface area contributed by atoms with Crippen molar-refractivity contribution in [2.75, 3.05) is 5.73 Å². The normalized spacial score (nSPS) is 21.1. The predicted octanol–water partition coefficient (Wildman–Crippen LogP) is 5.24. The zero-order valence-electron chi connectivity index (χ0n) is 13.5. The van der Waals surface area contributed by atoms with E-state index in [1.165, 1.54) is 16.8 Å². The van der Waals surface area contributed by atoms with Gasteiger partial charge in [0.2, 0.25) is 0 Å². The van der Waals surface area contributed by atoms with E-state index in [0.29, 0.717) is 6.04 Å². The maximum atomic E-state index is 6.14. The summed E-state index contributed by atoms with van der Waals surface area (Å²) in [6.07, 6.45) is 15.4. The fourth-order valence-electron chi connectivity index (χ4n) is 3.14. The smallest absolute Gasteiger partial charge is 0.0447 e. The first-order valence-electron chi connectivity index (χ1n) is 8.18. The van der Waals surface area contributed by atoms with Gasteiger partial charge in [0.1, 0.15) is 0 Å². The Labute approximate surface area is 143 Å². The van der Waals surface area contributed by atoms with Crippen molar-refractivity contribution in [3.05, 3.63) is 70.4 Å². The molecule has 2 aliphatic rings. The van der Waals surface area contributed by atoms with E-state index in [2.05, 4.69) is 42.6 Å². The van der Waals surface area contributed by atoms with E-state index in [0.717, 1.165) is 42.0 Å². The van der Waals surface area contributed by atoms with Gasteiger partial charge >= 0.3 is 0 Å². The summed E-state index contributed by atoms with van der Waals surface area (Å²) in [6.45, 7) is 2.12. The Hall–Kier alpha value is -1.93. The summed E-state index contributed by atoms with van der Waals surface area (Å²) in [6, 6.07) is 6.06. The summed E-state index contributed by atoms with van der Waals surface area (Å²) >= 11 is 6.14. The topological polar surface area (TPSA) is 38.0 Å². The molecule has 0 bridgehead atoms. The van der Waals surface area contributed by atoms with Gasteiger partial charge in [0.25, 0.3) is 0 Å². The van der Waals surface area contributed by atoms with Crippen LogP contribution in [0.2, 0.25) is 5.02 Å². The van der Waals surface area contributed by atoms with E-state index in [1.807, 2.05) is 18.2 Å². The van der Waals surface area contributed by atoms with Crippen molar-refractivity contribution >= 4 is 22.9 Å². The van der Waals surface area contributed by atoms with E-state index in [-0.39, 0.29) is 0 Å². The quantitative estimate of drug-likeness (QED) is 0.746. The monoisotopic (exact) mass is 326 g/mol. The Morgan fingerprint density at radius 3 is 3.00 bits per heavy atom. The number of benzene rings is 1. The molecule has 0 saturated carbocycles. The number of hydrogen-bond donors (Lipinski definition) is 2. The SMILES string of the molecule is CC1=CC=C(NC2C=C(c3cc(Cl)ccc3N)CCC2)CC=C1. The minimum atomic E-state index is 0.351. The van der Waals surface area contributed by atoms with Crippen LogP contribution in [0.5, 0.6) is 0 Å². The van der Waals surface area contributed by atoms with Crippen LogP contribution >= 0.6 is 11.6 Å². The first kappa shape index (κ1) is 15.9. The van der Waals surface area contributed by atoms with Crippen LogP contribution in [0.1, 0.15) is 38.2 Å². The number of nitrogen functional groups attached to an aromatic ring is 1. The zero-order chi connectivity index (χ0) is 16.2. The fraction of sp³-hybridized carbons (Fsp3) is 0.300. The van der Waals surface area contributed by atoms with Gasteiger partial charge in [0.15, 0.2) is 0 Å². The molecule has 3 N–H and O–H groups in total. The van der Waals surface area contributed by atoms with Crippen LogP contribution in [0.3, 0.4) is 0 Å². The van der Waals surface area contributed by atoms with Gasteiger partial charge in [0.05, 0.1) is 0 Å². The van der Waals surface area contributed by atoms with Crippen LogP contribution in [0.25, 0.3) is 5.57 Å². The number of hydrogen-bond acceptors (Lipinski definition) is 2. The largest absolute Gasteiger partial charge is 0.398 e. The molecule has 1 unspecified atom stereocenters. The maximum Gasteiger partial charge on any atom is 0.0447 e. The van der Waals surface area contributed by atoms with E-state index in [1.54, 1.807) is 0 Å². The number of anilines is 1. The van der Waals surface area contributed by atoms with Crippen molar-refractivity contribution in [1.29, 1.82) is 0 Å². The summed E-state index contributed by atoms with van der Waals surface area (Å²) in [7, 11) is 0. The molecule has 2 aliphatic carbocycles. The Bertz CT molecular complexity index is 710. The number of rotatable bonds is 3. The molecule has 0 fully saturated rings. The highest BCUT2D eigenvalue weighted by atomic mass is 35.5. The molecule has 1 atom stereocenters. The number of allylic oxidation sites excluding steroid dienone is 6. The van der Waals surface area contributed by atoms with Crippen molar-refractivity contribution in [3.63, 3.8) is 0 Å². The predicted molar refractivity (Wildman–Crippen MR) is 100 cm³/mol. The lowest BCUT2D eigenvalue weighted by Gasteiger charge is -2.25. The number of halogens is 1. The molecule has 1 aromatic carbocycles. The summed E-state index contributed by atoms with van der Waals surface area (Å²) in [4.78, 5) is 0. The lowest BCUT2D eigenvalue weighted by molar-refractivity contribution is 0.570. The van der Waals surface area contributed by atoms with Gasteiger partial charge in [-0.3, -0.25) is 0 Å². The van der Waals surface area contributed by atoms with E-state index >= 15 is 0 Å². The van der Waals surface area contributed by atoms with Crippen LogP contribution in [0.4, 0.5) is 5.69 Å². The molecule has 0 radical (unpaired) electrons. The van der Waals surface area contributed by atoms with Gasteiger partial charge in [-0.25, -0.2) is 0 Å². The van der Waals surface area contributed by atoms with Gasteiger partial charge in [-0.05, 0) is 56.0 Å². The Morgan fingerprint density at radius 1 is 1.26 bits per heavy atom. The zero-order valence-corrected chi connectivity index (χ0v) is 14.2. The van der Waals surface area contributed by atoms with Crippen LogP contribution in [0, 0.1) is 0 Å². The average molecular weight is 327 g/mol. The third kappa shape index (κ3) is 4.08. The molecule has 0 spiro atoms. The first-order chi connectivity index (χ1) is 11.1. The molecule has 23 heavy (non-hydrogen) atoms. The highest BCUT2D eigenvalue weighted by Crippen LogP contribution is 2.32. The van der Waals surface area contributed by atoms with Gasteiger partial charge in [-0.2, -0.15) is 0 Å². The molecule has 0 aromatic heterocycles.